The Morgan fingerprint density at radius 3 is 2.32 bits per heavy atom. The van der Waals surface area contributed by atoms with Gasteiger partial charge in [-0.3, -0.25) is 19.3 Å². The molecule has 0 unspecified atom stereocenters. The zero-order valence-electron chi connectivity index (χ0n) is 18.5. The Labute approximate surface area is 203 Å². The molecular weight excluding hydrogens is 474 g/mol. The fraction of sp³-hybridized carbons (Fsp3) is 0.292. The number of amides is 3. The third-order valence-electron chi connectivity index (χ3n) is 5.66. The van der Waals surface area contributed by atoms with Crippen LogP contribution in [-0.2, 0) is 14.8 Å². The third-order valence-corrected chi connectivity index (χ3v) is 8.48. The van der Waals surface area contributed by atoms with Crippen LogP contribution in [0, 0.1) is 0 Å². The van der Waals surface area contributed by atoms with E-state index in [1.165, 1.54) is 28.6 Å². The molecule has 10 heteroatoms. The maximum absolute atomic E-state index is 12.7. The van der Waals surface area contributed by atoms with Crippen LogP contribution < -0.4 is 5.32 Å². The Balaban J connectivity index is 1.32. The molecule has 34 heavy (non-hydrogen) atoms. The van der Waals surface area contributed by atoms with E-state index in [-0.39, 0.29) is 29.1 Å². The molecule has 2 aliphatic rings. The van der Waals surface area contributed by atoms with Gasteiger partial charge in [0.1, 0.15) is 0 Å². The van der Waals surface area contributed by atoms with Crippen LogP contribution in [0.3, 0.4) is 0 Å². The second-order valence-electron chi connectivity index (χ2n) is 7.99. The molecule has 0 saturated carbocycles. The summed E-state index contributed by atoms with van der Waals surface area (Å²) in [4.78, 5) is 38.9. The lowest BCUT2D eigenvalue weighted by Gasteiger charge is -2.25. The summed E-state index contributed by atoms with van der Waals surface area (Å²) in [6.07, 6.45) is 4.40. The number of hydrogen-bond donors (Lipinski definition) is 1. The summed E-state index contributed by atoms with van der Waals surface area (Å²) in [6, 6.07) is 15.1. The lowest BCUT2D eigenvalue weighted by atomic mass is 10.2. The largest absolute Gasteiger partial charge is 0.350 e. The van der Waals surface area contributed by atoms with E-state index in [1.54, 1.807) is 6.08 Å². The van der Waals surface area contributed by atoms with Crippen LogP contribution in [0.4, 0.5) is 4.79 Å². The second-order valence-corrected chi connectivity index (χ2v) is 10.9. The first kappa shape index (κ1) is 24.2. The molecule has 3 amide bonds. The van der Waals surface area contributed by atoms with Crippen molar-refractivity contribution in [3.63, 3.8) is 0 Å². The van der Waals surface area contributed by atoms with Crippen molar-refractivity contribution in [3.8, 4) is 0 Å². The minimum Gasteiger partial charge on any atom is -0.350 e. The Morgan fingerprint density at radius 2 is 1.65 bits per heavy atom. The highest BCUT2D eigenvalue weighted by atomic mass is 32.2. The Morgan fingerprint density at radius 1 is 0.971 bits per heavy atom. The van der Waals surface area contributed by atoms with E-state index in [0.717, 1.165) is 41.5 Å². The SMILES string of the molecule is O=C(NCCN1C(=O)S/C(=C\c2ccccc2)C1=O)c1ccc(S(=O)(=O)N2CCCCC2)cc1. The number of carbonyl (C=O) groups is 3. The van der Waals surface area contributed by atoms with Gasteiger partial charge >= 0.3 is 0 Å². The molecule has 1 N–H and O–H groups in total. The summed E-state index contributed by atoms with van der Waals surface area (Å²) < 4.78 is 27.0. The maximum atomic E-state index is 12.7. The summed E-state index contributed by atoms with van der Waals surface area (Å²) in [5.41, 5.74) is 1.13. The smallest absolute Gasteiger partial charge is 0.293 e. The molecule has 0 spiro atoms. The summed E-state index contributed by atoms with van der Waals surface area (Å²) in [7, 11) is -3.56. The highest BCUT2D eigenvalue weighted by Gasteiger charge is 2.34. The van der Waals surface area contributed by atoms with Crippen molar-refractivity contribution in [1.29, 1.82) is 0 Å². The van der Waals surface area contributed by atoms with Gasteiger partial charge in [0.15, 0.2) is 0 Å². The number of imide groups is 1. The molecule has 178 valence electrons. The zero-order chi connectivity index (χ0) is 24.1. The summed E-state index contributed by atoms with van der Waals surface area (Å²) >= 11 is 0.872. The van der Waals surface area contributed by atoms with Gasteiger partial charge in [-0.25, -0.2) is 8.42 Å². The van der Waals surface area contributed by atoms with Crippen LogP contribution in [0.5, 0.6) is 0 Å². The van der Waals surface area contributed by atoms with Gasteiger partial charge in [-0.1, -0.05) is 36.8 Å². The number of sulfonamides is 1. The van der Waals surface area contributed by atoms with E-state index in [1.807, 2.05) is 30.3 Å². The zero-order valence-corrected chi connectivity index (χ0v) is 20.1. The molecule has 2 fully saturated rings. The van der Waals surface area contributed by atoms with Crippen LogP contribution in [0.1, 0.15) is 35.2 Å². The molecule has 2 saturated heterocycles. The van der Waals surface area contributed by atoms with Gasteiger partial charge in [-0.15, -0.1) is 0 Å². The lowest BCUT2D eigenvalue weighted by molar-refractivity contribution is -0.122. The lowest BCUT2D eigenvalue weighted by Crippen LogP contribution is -2.37. The predicted molar refractivity (Wildman–Crippen MR) is 131 cm³/mol. The first-order valence-corrected chi connectivity index (χ1v) is 13.3. The average molecular weight is 500 g/mol. The van der Waals surface area contributed by atoms with E-state index in [9.17, 15) is 22.8 Å². The Kier molecular flexibility index (Phi) is 7.50. The topological polar surface area (TPSA) is 104 Å². The number of benzene rings is 2. The molecule has 2 aromatic carbocycles. The molecule has 0 aromatic heterocycles. The van der Waals surface area contributed by atoms with Gasteiger partial charge < -0.3 is 5.32 Å². The van der Waals surface area contributed by atoms with Gasteiger partial charge in [-0.2, -0.15) is 4.31 Å². The number of nitrogens with zero attached hydrogens (tertiary/aromatic N) is 2. The molecule has 0 aliphatic carbocycles. The summed E-state index contributed by atoms with van der Waals surface area (Å²) in [5.74, 6) is -0.797. The molecule has 0 radical (unpaired) electrons. The van der Waals surface area contributed by atoms with Gasteiger partial charge in [0, 0.05) is 31.7 Å². The summed E-state index contributed by atoms with van der Waals surface area (Å²) in [6.45, 7) is 1.16. The normalized spacial score (nSPS) is 18.5. The molecular formula is C24H25N3O5S2. The number of carbonyl (C=O) groups excluding carboxylic acids is 3. The molecule has 2 aliphatic heterocycles. The van der Waals surface area contributed by atoms with Gasteiger partial charge in [-0.05, 0) is 60.5 Å². The monoisotopic (exact) mass is 499 g/mol. The van der Waals surface area contributed by atoms with Gasteiger partial charge in [0.25, 0.3) is 17.1 Å². The van der Waals surface area contributed by atoms with Crippen molar-refractivity contribution in [2.24, 2.45) is 0 Å². The fourth-order valence-corrected chi connectivity index (χ4v) is 6.19. The van der Waals surface area contributed by atoms with E-state index in [4.69, 9.17) is 0 Å². The fourth-order valence-electron chi connectivity index (χ4n) is 3.81. The van der Waals surface area contributed by atoms with Crippen molar-refractivity contribution in [3.05, 3.63) is 70.6 Å². The second kappa shape index (κ2) is 10.5. The van der Waals surface area contributed by atoms with E-state index in [2.05, 4.69) is 5.32 Å². The van der Waals surface area contributed by atoms with Crippen LogP contribution in [0.2, 0.25) is 0 Å². The van der Waals surface area contributed by atoms with Gasteiger partial charge in [0.05, 0.1) is 9.80 Å². The van der Waals surface area contributed by atoms with Crippen LogP contribution in [0.15, 0.2) is 64.4 Å². The molecule has 2 heterocycles. The Hall–Kier alpha value is -2.95. The molecule has 8 nitrogen and oxygen atoms in total. The van der Waals surface area contributed by atoms with E-state index in [0.29, 0.717) is 23.6 Å². The van der Waals surface area contributed by atoms with Crippen molar-refractivity contribution in [2.75, 3.05) is 26.2 Å². The minimum absolute atomic E-state index is 0.0456. The molecule has 4 rings (SSSR count). The molecule has 0 bridgehead atoms. The third kappa shape index (κ3) is 5.40. The number of thioether (sulfide) groups is 1. The van der Waals surface area contributed by atoms with Crippen molar-refractivity contribution in [2.45, 2.75) is 24.2 Å². The Bertz CT molecular complexity index is 1200. The number of rotatable bonds is 7. The van der Waals surface area contributed by atoms with Crippen molar-refractivity contribution < 1.29 is 22.8 Å². The number of hydrogen-bond acceptors (Lipinski definition) is 6. The van der Waals surface area contributed by atoms with Crippen LogP contribution in [0.25, 0.3) is 6.08 Å². The number of piperidine rings is 1. The maximum Gasteiger partial charge on any atom is 0.293 e. The number of nitrogens with one attached hydrogen (secondary N) is 1. The van der Waals surface area contributed by atoms with Crippen molar-refractivity contribution in [1.82, 2.24) is 14.5 Å². The first-order valence-electron chi connectivity index (χ1n) is 11.0. The quantitative estimate of drug-likeness (QED) is 0.586. The molecule has 0 atom stereocenters. The van der Waals surface area contributed by atoms with E-state index < -0.39 is 15.9 Å². The van der Waals surface area contributed by atoms with E-state index >= 15 is 0 Å². The summed E-state index contributed by atoms with van der Waals surface area (Å²) in [5, 5.41) is 2.30. The highest BCUT2D eigenvalue weighted by Crippen LogP contribution is 2.31. The predicted octanol–water partition coefficient (Wildman–Crippen LogP) is 3.33. The van der Waals surface area contributed by atoms with Crippen LogP contribution >= 0.6 is 11.8 Å². The minimum atomic E-state index is -3.56. The average Bonchev–Trinajstić information content (AvgIpc) is 3.12. The van der Waals surface area contributed by atoms with Crippen LogP contribution in [-0.4, -0.2) is 60.9 Å². The first-order chi connectivity index (χ1) is 16.4. The highest BCUT2D eigenvalue weighted by molar-refractivity contribution is 8.18. The molecule has 2 aromatic rings. The standard InChI is InChI=1S/C24H25N3O5S2/c28-22(19-9-11-20(12-10-19)34(31,32)26-14-5-2-6-15-26)25-13-16-27-23(29)21(33-24(27)30)17-18-7-3-1-4-8-18/h1,3-4,7-12,17H,2,5-6,13-16H2,(H,25,28)/b21-17-. The van der Waals surface area contributed by atoms with Gasteiger partial charge in [0.2, 0.25) is 10.0 Å². The van der Waals surface area contributed by atoms with Crippen molar-refractivity contribution >= 4 is 44.9 Å².